The third-order valence-electron chi connectivity index (χ3n) is 16.4. The van der Waals surface area contributed by atoms with Gasteiger partial charge in [0.1, 0.15) is 19.3 Å². The molecule has 0 rings (SSSR count). The molecule has 0 aromatic heterocycles. The van der Waals surface area contributed by atoms with Crippen LogP contribution in [0.15, 0.2) is 0 Å². The molecule has 528 valence electrons. The van der Waals surface area contributed by atoms with Crippen molar-refractivity contribution in [3.8, 4) is 0 Å². The molecule has 0 radical (unpaired) electrons. The molecule has 0 heterocycles. The minimum Gasteiger partial charge on any atom is -0.462 e. The van der Waals surface area contributed by atoms with Gasteiger partial charge in [0.2, 0.25) is 0 Å². The second-order valence-electron chi connectivity index (χ2n) is 26.9. The molecule has 0 aromatic rings. The van der Waals surface area contributed by atoms with Crippen LogP contribution >= 0.6 is 15.6 Å². The summed E-state index contributed by atoms with van der Waals surface area (Å²) >= 11 is 0. The zero-order valence-corrected chi connectivity index (χ0v) is 59.8. The highest BCUT2D eigenvalue weighted by Crippen LogP contribution is 2.45. The van der Waals surface area contributed by atoms with E-state index >= 15 is 0 Å². The standard InChI is InChI=1S/C70H136O17P2/c1-9-63(8)49-41-33-25-19-21-27-35-43-51-68(73)81-57-66(87-70(75)53-45-37-29-17-13-11-15-23-31-39-47-61(4)5)59-85-89(78,79)83-55-64(71)54-82-88(76,77)84-58-65(56-80-67(72)50-42-34-26-20-18-24-32-40-48-62(6)7)86-69(74)52-44-36-28-16-12-10-14-22-30-38-46-60(2)3/h60-66,71H,9-59H2,1-8H3,(H,76,77)(H,78,79)/t63?,64?,65-,66-/m1/s1. The summed E-state index contributed by atoms with van der Waals surface area (Å²) in [6, 6.07) is 0. The monoisotopic (exact) mass is 1310 g/mol. The van der Waals surface area contributed by atoms with E-state index in [1.165, 1.54) is 148 Å². The molecule has 0 aromatic carbocycles. The highest BCUT2D eigenvalue weighted by molar-refractivity contribution is 7.47. The summed E-state index contributed by atoms with van der Waals surface area (Å²) in [6.45, 7) is 14.1. The van der Waals surface area contributed by atoms with Crippen LogP contribution in [0, 0.1) is 23.7 Å². The Morgan fingerprint density at radius 3 is 0.798 bits per heavy atom. The number of unbranched alkanes of at least 4 members (excludes halogenated alkanes) is 32. The predicted molar refractivity (Wildman–Crippen MR) is 358 cm³/mol. The molecule has 19 heteroatoms. The Hall–Kier alpha value is -1.94. The lowest BCUT2D eigenvalue weighted by Crippen LogP contribution is -2.30. The number of carbonyl (C=O) groups excluding carboxylic acids is 4. The molecule has 4 unspecified atom stereocenters. The van der Waals surface area contributed by atoms with Crippen LogP contribution in [0.25, 0.3) is 0 Å². The maximum absolute atomic E-state index is 13.0. The minimum absolute atomic E-state index is 0.105. The summed E-state index contributed by atoms with van der Waals surface area (Å²) in [5.41, 5.74) is 0. The summed E-state index contributed by atoms with van der Waals surface area (Å²) in [5.74, 6) is 0.878. The summed E-state index contributed by atoms with van der Waals surface area (Å²) in [4.78, 5) is 72.6. The Morgan fingerprint density at radius 1 is 0.315 bits per heavy atom. The number of aliphatic hydroxyl groups is 1. The number of esters is 4. The van der Waals surface area contributed by atoms with Crippen molar-refractivity contribution in [2.75, 3.05) is 39.6 Å². The number of hydrogen-bond acceptors (Lipinski definition) is 15. The molecule has 0 bridgehead atoms. The van der Waals surface area contributed by atoms with Gasteiger partial charge in [-0.15, -0.1) is 0 Å². The molecule has 0 saturated carbocycles. The first kappa shape index (κ1) is 87.1. The molecule has 0 spiro atoms. The zero-order chi connectivity index (χ0) is 66.1. The first-order valence-corrected chi connectivity index (χ1v) is 39.2. The maximum atomic E-state index is 13.0. The minimum atomic E-state index is -4.95. The van der Waals surface area contributed by atoms with E-state index in [-0.39, 0.29) is 25.7 Å². The van der Waals surface area contributed by atoms with Gasteiger partial charge >= 0.3 is 39.5 Å². The average Bonchev–Trinajstić information content (AvgIpc) is 3.55. The molecule has 0 fully saturated rings. The summed E-state index contributed by atoms with van der Waals surface area (Å²) in [7, 11) is -9.90. The van der Waals surface area contributed by atoms with Gasteiger partial charge in [0, 0.05) is 25.7 Å². The number of carbonyl (C=O) groups is 4. The van der Waals surface area contributed by atoms with Crippen LogP contribution in [0.5, 0.6) is 0 Å². The van der Waals surface area contributed by atoms with Gasteiger partial charge in [-0.3, -0.25) is 37.3 Å². The second-order valence-corrected chi connectivity index (χ2v) is 29.8. The van der Waals surface area contributed by atoms with Crippen LogP contribution in [0.4, 0.5) is 0 Å². The lowest BCUT2D eigenvalue weighted by Gasteiger charge is -2.21. The molecule has 0 aliphatic carbocycles. The lowest BCUT2D eigenvalue weighted by atomic mass is 9.99. The normalized spacial score (nSPS) is 14.6. The summed E-state index contributed by atoms with van der Waals surface area (Å²) < 4.78 is 68.3. The second kappa shape index (κ2) is 59.8. The molecule has 3 N–H and O–H groups in total. The molecular formula is C70H136O17P2. The summed E-state index contributed by atoms with van der Waals surface area (Å²) in [5, 5.41) is 10.6. The largest absolute Gasteiger partial charge is 0.472 e. The van der Waals surface area contributed by atoms with E-state index in [0.717, 1.165) is 114 Å². The number of ether oxygens (including phenoxy) is 4. The van der Waals surface area contributed by atoms with E-state index in [1.54, 1.807) is 0 Å². The van der Waals surface area contributed by atoms with Crippen molar-refractivity contribution in [1.82, 2.24) is 0 Å². The molecule has 0 amide bonds. The van der Waals surface area contributed by atoms with Gasteiger partial charge in [-0.1, -0.05) is 293 Å². The van der Waals surface area contributed by atoms with Crippen LogP contribution in [0.2, 0.25) is 0 Å². The Bertz CT molecular complexity index is 1770. The van der Waals surface area contributed by atoms with Crippen molar-refractivity contribution in [3.63, 3.8) is 0 Å². The van der Waals surface area contributed by atoms with Gasteiger partial charge < -0.3 is 33.8 Å². The van der Waals surface area contributed by atoms with E-state index in [4.69, 9.17) is 37.0 Å². The number of hydrogen-bond donors (Lipinski definition) is 3. The summed E-state index contributed by atoms with van der Waals surface area (Å²) in [6.07, 6.45) is 41.6. The Labute approximate surface area is 543 Å². The number of phosphoric ester groups is 2. The average molecular weight is 1310 g/mol. The van der Waals surface area contributed by atoms with Crippen LogP contribution in [0.3, 0.4) is 0 Å². The zero-order valence-electron chi connectivity index (χ0n) is 58.1. The van der Waals surface area contributed by atoms with Crippen LogP contribution in [-0.4, -0.2) is 96.7 Å². The quantitative estimate of drug-likeness (QED) is 0.0222. The van der Waals surface area contributed by atoms with Gasteiger partial charge in [-0.05, 0) is 49.4 Å². The van der Waals surface area contributed by atoms with E-state index in [9.17, 15) is 43.2 Å². The van der Waals surface area contributed by atoms with Crippen molar-refractivity contribution in [2.45, 2.75) is 363 Å². The predicted octanol–water partition coefficient (Wildman–Crippen LogP) is 19.7. The third-order valence-corrected chi connectivity index (χ3v) is 18.3. The SMILES string of the molecule is CCC(C)CCCCCCCCCCC(=O)OC[C@H](COP(=O)(O)OCC(O)COP(=O)(O)OC[C@@H](COC(=O)CCCCCCCCCCC(C)C)OC(=O)CCCCCCCCCCCCC(C)C)OC(=O)CCCCCCCCCCCCC(C)C. The van der Waals surface area contributed by atoms with Crippen molar-refractivity contribution < 1.29 is 80.2 Å². The Morgan fingerprint density at radius 2 is 0.539 bits per heavy atom. The highest BCUT2D eigenvalue weighted by atomic mass is 31.2. The first-order chi connectivity index (χ1) is 42.6. The van der Waals surface area contributed by atoms with Crippen LogP contribution in [-0.2, 0) is 65.4 Å². The van der Waals surface area contributed by atoms with Gasteiger partial charge in [0.05, 0.1) is 26.4 Å². The van der Waals surface area contributed by atoms with Gasteiger partial charge in [0.25, 0.3) is 0 Å². The maximum Gasteiger partial charge on any atom is 0.472 e. The highest BCUT2D eigenvalue weighted by Gasteiger charge is 2.30. The number of phosphoric acid groups is 2. The van der Waals surface area contributed by atoms with E-state index < -0.39 is 97.5 Å². The molecule has 6 atom stereocenters. The molecule has 0 saturated heterocycles. The fourth-order valence-corrected chi connectivity index (χ4v) is 12.0. The lowest BCUT2D eigenvalue weighted by molar-refractivity contribution is -0.161. The Balaban J connectivity index is 5.28. The smallest absolute Gasteiger partial charge is 0.462 e. The van der Waals surface area contributed by atoms with Crippen molar-refractivity contribution in [2.24, 2.45) is 23.7 Å². The van der Waals surface area contributed by atoms with Crippen LogP contribution in [0.1, 0.15) is 344 Å². The molecule has 0 aliphatic rings. The van der Waals surface area contributed by atoms with Crippen molar-refractivity contribution in [3.05, 3.63) is 0 Å². The first-order valence-electron chi connectivity index (χ1n) is 36.2. The van der Waals surface area contributed by atoms with E-state index in [1.807, 2.05) is 0 Å². The third kappa shape index (κ3) is 63.2. The Kier molecular flexibility index (Phi) is 58.5. The molecular weight excluding hydrogens is 1170 g/mol. The molecule has 89 heavy (non-hydrogen) atoms. The van der Waals surface area contributed by atoms with Crippen molar-refractivity contribution in [1.29, 1.82) is 0 Å². The topological polar surface area (TPSA) is 237 Å². The van der Waals surface area contributed by atoms with Gasteiger partial charge in [-0.2, -0.15) is 0 Å². The number of rotatable bonds is 67. The van der Waals surface area contributed by atoms with Gasteiger partial charge in [-0.25, -0.2) is 9.13 Å². The van der Waals surface area contributed by atoms with E-state index in [2.05, 4.69) is 55.4 Å². The molecule has 17 nitrogen and oxygen atoms in total. The van der Waals surface area contributed by atoms with Crippen molar-refractivity contribution >= 4 is 39.5 Å². The fraction of sp³-hybridized carbons (Fsp3) is 0.943. The molecule has 0 aliphatic heterocycles. The fourth-order valence-electron chi connectivity index (χ4n) is 10.5. The van der Waals surface area contributed by atoms with Gasteiger partial charge in [0.15, 0.2) is 12.2 Å². The van der Waals surface area contributed by atoms with E-state index in [0.29, 0.717) is 25.7 Å². The number of aliphatic hydroxyl groups excluding tert-OH is 1. The van der Waals surface area contributed by atoms with Crippen LogP contribution < -0.4 is 0 Å².